The van der Waals surface area contributed by atoms with E-state index in [-0.39, 0.29) is 0 Å². The topological polar surface area (TPSA) is 35.5 Å². The zero-order valence-electron chi connectivity index (χ0n) is 11.2. The second-order valence-corrected chi connectivity index (χ2v) is 5.20. The van der Waals surface area contributed by atoms with Gasteiger partial charge in [0.2, 0.25) is 0 Å². The molecule has 1 aromatic rings. The second kappa shape index (κ2) is 8.51. The maximum Gasteiger partial charge on any atom is 0.129 e. The fourth-order valence-corrected chi connectivity index (χ4v) is 2.29. The van der Waals surface area contributed by atoms with Crippen LogP contribution in [-0.4, -0.2) is 36.2 Å². The summed E-state index contributed by atoms with van der Waals surface area (Å²) in [7, 11) is 0. The Morgan fingerprint density at radius 2 is 2.00 bits per heavy atom. The van der Waals surface area contributed by atoms with Crippen LogP contribution in [0.2, 0.25) is 0 Å². The maximum absolute atomic E-state index is 9.40. The van der Waals surface area contributed by atoms with Gasteiger partial charge in [-0.25, -0.2) is 0 Å². The molecule has 18 heavy (non-hydrogen) atoms. The molecule has 0 spiro atoms. The number of benzene rings is 1. The van der Waals surface area contributed by atoms with Gasteiger partial charge in [-0.1, -0.05) is 19.9 Å². The Morgan fingerprint density at radius 3 is 2.61 bits per heavy atom. The van der Waals surface area contributed by atoms with Gasteiger partial charge in [-0.3, -0.25) is 0 Å². The Hall–Kier alpha value is -0.580. The van der Waals surface area contributed by atoms with E-state index < -0.39 is 0 Å². The van der Waals surface area contributed by atoms with E-state index in [0.29, 0.717) is 5.75 Å². The summed E-state index contributed by atoms with van der Waals surface area (Å²) in [4.78, 5) is 2.43. The molecule has 0 fully saturated rings. The van der Waals surface area contributed by atoms with Crippen molar-refractivity contribution in [2.24, 2.45) is 0 Å². The third-order valence-electron chi connectivity index (χ3n) is 3.06. The largest absolute Gasteiger partial charge is 0.507 e. The Labute approximate surface area is 118 Å². The molecule has 0 saturated carbocycles. The summed E-state index contributed by atoms with van der Waals surface area (Å²) >= 11 is 3.32. The van der Waals surface area contributed by atoms with Crippen LogP contribution in [-0.2, 0) is 6.54 Å². The number of phenols is 1. The molecule has 1 rings (SSSR count). The second-order valence-electron chi connectivity index (χ2n) is 4.34. The van der Waals surface area contributed by atoms with Crippen molar-refractivity contribution in [3.8, 4) is 5.75 Å². The summed E-state index contributed by atoms with van der Waals surface area (Å²) in [5.41, 5.74) is 1.18. The van der Waals surface area contributed by atoms with Crippen LogP contribution in [0.4, 0.5) is 0 Å². The van der Waals surface area contributed by atoms with Crippen LogP contribution in [0.15, 0.2) is 22.7 Å². The van der Waals surface area contributed by atoms with Gasteiger partial charge in [-0.15, -0.1) is 0 Å². The first-order chi connectivity index (χ1) is 8.67. The van der Waals surface area contributed by atoms with E-state index in [1.54, 1.807) is 6.07 Å². The highest BCUT2D eigenvalue weighted by Gasteiger charge is 2.00. The van der Waals surface area contributed by atoms with Crippen LogP contribution in [0.5, 0.6) is 5.75 Å². The highest BCUT2D eigenvalue weighted by atomic mass is 79.9. The number of hydrogen-bond acceptors (Lipinski definition) is 3. The average molecular weight is 315 g/mol. The first-order valence-corrected chi connectivity index (χ1v) is 7.37. The zero-order valence-corrected chi connectivity index (χ0v) is 12.8. The molecule has 102 valence electrons. The molecule has 0 bridgehead atoms. The molecular formula is C14H23BrN2O. The van der Waals surface area contributed by atoms with E-state index in [9.17, 15) is 5.11 Å². The lowest BCUT2D eigenvalue weighted by Gasteiger charge is -2.17. The number of aromatic hydroxyl groups is 1. The average Bonchev–Trinajstić information content (AvgIpc) is 2.38. The van der Waals surface area contributed by atoms with Crippen molar-refractivity contribution >= 4 is 15.9 Å². The van der Waals surface area contributed by atoms with E-state index in [2.05, 4.69) is 40.0 Å². The number of rotatable bonds is 8. The molecule has 0 atom stereocenters. The smallest absolute Gasteiger partial charge is 0.129 e. The standard InChI is InChI=1S/C14H23BrN2O/c1-3-17(4-2)9-5-8-16-11-12-6-7-14(18)13(15)10-12/h6-7,10,16,18H,3-5,8-9,11H2,1-2H3. The SMILES string of the molecule is CCN(CC)CCCNCc1ccc(O)c(Br)c1. The minimum atomic E-state index is 0.292. The molecule has 0 unspecified atom stereocenters. The molecule has 0 amide bonds. The van der Waals surface area contributed by atoms with Gasteiger partial charge in [0.05, 0.1) is 4.47 Å². The van der Waals surface area contributed by atoms with E-state index in [0.717, 1.165) is 37.2 Å². The summed E-state index contributed by atoms with van der Waals surface area (Å²) < 4.78 is 0.755. The number of phenolic OH excluding ortho intramolecular Hbond substituents is 1. The third kappa shape index (κ3) is 5.38. The molecule has 3 nitrogen and oxygen atoms in total. The van der Waals surface area contributed by atoms with Gasteiger partial charge in [0, 0.05) is 6.54 Å². The third-order valence-corrected chi connectivity index (χ3v) is 3.70. The van der Waals surface area contributed by atoms with Crippen molar-refractivity contribution in [2.45, 2.75) is 26.8 Å². The molecular weight excluding hydrogens is 292 g/mol. The van der Waals surface area contributed by atoms with Crippen LogP contribution in [0.25, 0.3) is 0 Å². The first kappa shape index (κ1) is 15.5. The summed E-state index contributed by atoms with van der Waals surface area (Å²) in [6.07, 6.45) is 1.17. The van der Waals surface area contributed by atoms with Crippen LogP contribution < -0.4 is 5.32 Å². The number of halogens is 1. The Morgan fingerprint density at radius 1 is 1.28 bits per heavy atom. The van der Waals surface area contributed by atoms with Crippen molar-refractivity contribution in [2.75, 3.05) is 26.2 Å². The number of nitrogens with one attached hydrogen (secondary N) is 1. The lowest BCUT2D eigenvalue weighted by Crippen LogP contribution is -2.27. The Kier molecular flexibility index (Phi) is 7.32. The van der Waals surface area contributed by atoms with Gasteiger partial charge >= 0.3 is 0 Å². The highest BCUT2D eigenvalue weighted by molar-refractivity contribution is 9.10. The first-order valence-electron chi connectivity index (χ1n) is 6.57. The monoisotopic (exact) mass is 314 g/mol. The van der Waals surface area contributed by atoms with Crippen LogP contribution in [0.1, 0.15) is 25.8 Å². The van der Waals surface area contributed by atoms with E-state index in [1.807, 2.05) is 12.1 Å². The maximum atomic E-state index is 9.40. The molecule has 0 radical (unpaired) electrons. The lowest BCUT2D eigenvalue weighted by atomic mass is 10.2. The van der Waals surface area contributed by atoms with Crippen LogP contribution >= 0.6 is 15.9 Å². The molecule has 0 saturated heterocycles. The molecule has 4 heteroatoms. The number of nitrogens with zero attached hydrogens (tertiary/aromatic N) is 1. The zero-order chi connectivity index (χ0) is 13.4. The van der Waals surface area contributed by atoms with Crippen molar-refractivity contribution in [1.82, 2.24) is 10.2 Å². The lowest BCUT2D eigenvalue weighted by molar-refractivity contribution is 0.298. The van der Waals surface area contributed by atoms with Gasteiger partial charge in [0.1, 0.15) is 5.75 Å². The predicted octanol–water partition coefficient (Wildman–Crippen LogP) is 2.98. The fourth-order valence-electron chi connectivity index (χ4n) is 1.86. The molecule has 0 aliphatic rings. The van der Waals surface area contributed by atoms with Crippen molar-refractivity contribution in [3.05, 3.63) is 28.2 Å². The molecule has 0 aliphatic carbocycles. The highest BCUT2D eigenvalue weighted by Crippen LogP contribution is 2.24. The molecule has 0 aliphatic heterocycles. The van der Waals surface area contributed by atoms with Gasteiger partial charge in [0.25, 0.3) is 0 Å². The Bertz CT molecular complexity index is 354. The summed E-state index contributed by atoms with van der Waals surface area (Å²) in [6.45, 7) is 9.67. The van der Waals surface area contributed by atoms with Crippen LogP contribution in [0.3, 0.4) is 0 Å². The summed E-state index contributed by atoms with van der Waals surface area (Å²) in [6, 6.07) is 5.61. The molecule has 0 aromatic heterocycles. The minimum Gasteiger partial charge on any atom is -0.507 e. The Balaban J connectivity index is 2.19. The quantitative estimate of drug-likeness (QED) is 0.724. The van der Waals surface area contributed by atoms with Crippen molar-refractivity contribution < 1.29 is 5.11 Å². The van der Waals surface area contributed by atoms with Gasteiger partial charge < -0.3 is 15.3 Å². The molecule has 2 N–H and O–H groups in total. The predicted molar refractivity (Wildman–Crippen MR) is 79.9 cm³/mol. The van der Waals surface area contributed by atoms with E-state index >= 15 is 0 Å². The van der Waals surface area contributed by atoms with Gasteiger partial charge in [-0.05, 0) is 66.2 Å². The van der Waals surface area contributed by atoms with Gasteiger partial charge in [-0.2, -0.15) is 0 Å². The molecule has 0 heterocycles. The summed E-state index contributed by atoms with van der Waals surface area (Å²) in [5, 5.41) is 12.8. The van der Waals surface area contributed by atoms with Gasteiger partial charge in [0.15, 0.2) is 0 Å². The van der Waals surface area contributed by atoms with Crippen LogP contribution in [0, 0.1) is 0 Å². The van der Waals surface area contributed by atoms with E-state index in [1.165, 1.54) is 12.0 Å². The minimum absolute atomic E-state index is 0.292. The fraction of sp³-hybridized carbons (Fsp3) is 0.571. The number of hydrogen-bond donors (Lipinski definition) is 2. The summed E-state index contributed by atoms with van der Waals surface area (Å²) in [5.74, 6) is 0.292. The molecule has 1 aromatic carbocycles. The normalized spacial score (nSPS) is 11.1. The van der Waals surface area contributed by atoms with E-state index in [4.69, 9.17) is 0 Å². The van der Waals surface area contributed by atoms with Crippen molar-refractivity contribution in [3.63, 3.8) is 0 Å². The van der Waals surface area contributed by atoms with Crippen molar-refractivity contribution in [1.29, 1.82) is 0 Å².